The molecule has 0 fully saturated rings. The lowest BCUT2D eigenvalue weighted by Crippen LogP contribution is -2.29. The Bertz CT molecular complexity index is 627. The van der Waals surface area contributed by atoms with Gasteiger partial charge in [-0.1, -0.05) is 0 Å². The number of hydrogen-bond donors (Lipinski definition) is 3. The Morgan fingerprint density at radius 3 is 2.45 bits per heavy atom. The number of hydrogen-bond acceptors (Lipinski definition) is 5. The van der Waals surface area contributed by atoms with Gasteiger partial charge in [-0.05, 0) is 18.2 Å². The molecule has 0 saturated heterocycles. The summed E-state index contributed by atoms with van der Waals surface area (Å²) < 4.78 is 32.7. The van der Waals surface area contributed by atoms with Gasteiger partial charge in [0.05, 0.1) is 15.7 Å². The number of nitrogens with zero attached hydrogens (tertiary/aromatic N) is 1. The van der Waals surface area contributed by atoms with E-state index in [1.54, 1.807) is 23.7 Å². The van der Waals surface area contributed by atoms with Crippen molar-refractivity contribution >= 4 is 33.4 Å². The molecule has 4 N–H and O–H groups in total. The Labute approximate surface area is 114 Å². The van der Waals surface area contributed by atoms with Crippen molar-refractivity contribution < 1.29 is 27.9 Å². The number of thiazole rings is 1. The fourth-order valence-electron chi connectivity index (χ4n) is 1.08. The van der Waals surface area contributed by atoms with Gasteiger partial charge in [0.2, 0.25) is 0 Å². The molecule has 0 spiro atoms. The molecule has 1 aromatic carbocycles. The second kappa shape index (κ2) is 6.30. The molecule has 6 nitrogen and oxygen atoms in total. The molecular formula is C10H8F3N3O3S. The van der Waals surface area contributed by atoms with Crippen LogP contribution >= 0.6 is 11.3 Å². The Kier molecular flexibility index (Phi) is 5.00. The molecule has 0 unspecified atom stereocenters. The van der Waals surface area contributed by atoms with Crippen molar-refractivity contribution in [2.75, 3.05) is 0 Å². The van der Waals surface area contributed by atoms with Gasteiger partial charge in [-0.15, -0.1) is 11.3 Å². The van der Waals surface area contributed by atoms with Gasteiger partial charge >= 0.3 is 12.1 Å². The number of nitrogens with one attached hydrogen (secondary N) is 1. The molecule has 0 saturated carbocycles. The molecule has 0 atom stereocenters. The molecule has 0 aliphatic rings. The lowest BCUT2D eigenvalue weighted by atomic mass is 10.2. The van der Waals surface area contributed by atoms with E-state index in [1.165, 1.54) is 11.3 Å². The zero-order valence-corrected chi connectivity index (χ0v) is 10.5. The van der Waals surface area contributed by atoms with Crippen molar-refractivity contribution in [2.24, 2.45) is 5.84 Å². The summed E-state index contributed by atoms with van der Waals surface area (Å²) in [4.78, 5) is 24.1. The number of carbonyl (C=O) groups excluding carboxylic acids is 1. The number of amides is 1. The van der Waals surface area contributed by atoms with E-state index in [0.717, 1.165) is 10.2 Å². The number of alkyl halides is 3. The summed E-state index contributed by atoms with van der Waals surface area (Å²) in [5.74, 6) is 1.97. The highest BCUT2D eigenvalue weighted by Crippen LogP contribution is 2.18. The van der Waals surface area contributed by atoms with Crippen LogP contribution in [0.3, 0.4) is 0 Å². The van der Waals surface area contributed by atoms with Crippen molar-refractivity contribution in [3.63, 3.8) is 0 Å². The van der Waals surface area contributed by atoms with E-state index in [9.17, 15) is 18.0 Å². The molecule has 2 aromatic rings. The first-order valence-electron chi connectivity index (χ1n) is 4.90. The van der Waals surface area contributed by atoms with Crippen molar-refractivity contribution in [1.82, 2.24) is 10.4 Å². The number of nitrogens with two attached hydrogens (primary N) is 1. The molecule has 0 radical (unpaired) electrons. The SMILES string of the molecule is NNC(=O)c1ccc2ncsc2c1.O=C(O)C(F)(F)F. The summed E-state index contributed by atoms with van der Waals surface area (Å²) >= 11 is 1.50. The molecule has 0 aliphatic carbocycles. The van der Waals surface area contributed by atoms with Gasteiger partial charge in [-0.25, -0.2) is 15.6 Å². The first-order chi connectivity index (χ1) is 9.25. The summed E-state index contributed by atoms with van der Waals surface area (Å²) in [5.41, 5.74) is 5.28. The van der Waals surface area contributed by atoms with E-state index in [2.05, 4.69) is 10.4 Å². The maximum absolute atomic E-state index is 11.1. The number of hydrazine groups is 1. The third kappa shape index (κ3) is 4.17. The van der Waals surface area contributed by atoms with E-state index in [4.69, 9.17) is 15.7 Å². The lowest BCUT2D eigenvalue weighted by molar-refractivity contribution is -0.192. The number of fused-ring (bicyclic) bond motifs is 1. The summed E-state index contributed by atoms with van der Waals surface area (Å²) in [6.45, 7) is 0. The van der Waals surface area contributed by atoms with Crippen LogP contribution in [-0.4, -0.2) is 28.1 Å². The average Bonchev–Trinajstić information content (AvgIpc) is 2.84. The third-order valence-corrected chi connectivity index (χ3v) is 2.76. The van der Waals surface area contributed by atoms with Crippen LogP contribution in [0.4, 0.5) is 13.2 Å². The maximum Gasteiger partial charge on any atom is 0.490 e. The van der Waals surface area contributed by atoms with Crippen LogP contribution in [0.2, 0.25) is 0 Å². The van der Waals surface area contributed by atoms with Crippen molar-refractivity contribution in [3.05, 3.63) is 29.3 Å². The number of aliphatic carboxylic acids is 1. The fraction of sp³-hybridized carbons (Fsp3) is 0.100. The Morgan fingerprint density at radius 1 is 1.35 bits per heavy atom. The third-order valence-electron chi connectivity index (χ3n) is 1.97. The summed E-state index contributed by atoms with van der Waals surface area (Å²) in [6, 6.07) is 5.27. The quantitative estimate of drug-likeness (QED) is 0.421. The number of carboxylic acids is 1. The molecular weight excluding hydrogens is 299 g/mol. The van der Waals surface area contributed by atoms with Crippen LogP contribution in [-0.2, 0) is 4.79 Å². The number of rotatable bonds is 1. The minimum absolute atomic E-state index is 0.282. The standard InChI is InChI=1S/C8H7N3OS.C2HF3O2/c9-11-8(12)5-1-2-6-7(3-5)13-4-10-6;3-2(4,5)1(6)7/h1-4H,9H2,(H,11,12);(H,6,7). The van der Waals surface area contributed by atoms with Crippen LogP contribution in [0.15, 0.2) is 23.7 Å². The number of benzene rings is 1. The van der Waals surface area contributed by atoms with Gasteiger partial charge < -0.3 is 5.11 Å². The molecule has 2 rings (SSSR count). The Hall–Kier alpha value is -2.20. The van der Waals surface area contributed by atoms with Gasteiger partial charge in [0, 0.05) is 5.56 Å². The maximum atomic E-state index is 11.1. The first kappa shape index (κ1) is 15.9. The molecule has 0 bridgehead atoms. The molecule has 20 heavy (non-hydrogen) atoms. The molecule has 108 valence electrons. The Balaban J connectivity index is 0.000000246. The predicted molar refractivity (Wildman–Crippen MR) is 65.0 cm³/mol. The summed E-state index contributed by atoms with van der Waals surface area (Å²) in [6.07, 6.45) is -5.08. The van der Waals surface area contributed by atoms with Crippen LogP contribution in [0.25, 0.3) is 10.2 Å². The molecule has 1 heterocycles. The lowest BCUT2D eigenvalue weighted by Gasteiger charge is -1.97. The van der Waals surface area contributed by atoms with Crippen LogP contribution in [0.5, 0.6) is 0 Å². The zero-order valence-electron chi connectivity index (χ0n) is 9.64. The van der Waals surface area contributed by atoms with Gasteiger partial charge in [-0.2, -0.15) is 13.2 Å². The minimum Gasteiger partial charge on any atom is -0.475 e. The van der Waals surface area contributed by atoms with Crippen LogP contribution in [0.1, 0.15) is 10.4 Å². The second-order valence-corrected chi connectivity index (χ2v) is 4.20. The first-order valence-corrected chi connectivity index (χ1v) is 5.78. The van der Waals surface area contributed by atoms with E-state index in [1.807, 2.05) is 0 Å². The average molecular weight is 307 g/mol. The summed E-state index contributed by atoms with van der Waals surface area (Å²) in [5, 5.41) is 7.12. The summed E-state index contributed by atoms with van der Waals surface area (Å²) in [7, 11) is 0. The van der Waals surface area contributed by atoms with Crippen molar-refractivity contribution in [3.8, 4) is 0 Å². The van der Waals surface area contributed by atoms with Gasteiger partial charge in [-0.3, -0.25) is 10.2 Å². The normalized spacial score (nSPS) is 10.6. The monoisotopic (exact) mass is 307 g/mol. The molecule has 0 aliphatic heterocycles. The topological polar surface area (TPSA) is 105 Å². The molecule has 10 heteroatoms. The van der Waals surface area contributed by atoms with Crippen molar-refractivity contribution in [2.45, 2.75) is 6.18 Å². The number of carboxylic acid groups (broad SMARTS) is 1. The van der Waals surface area contributed by atoms with Gasteiger partial charge in [0.1, 0.15) is 0 Å². The Morgan fingerprint density at radius 2 is 1.95 bits per heavy atom. The minimum atomic E-state index is -5.08. The van der Waals surface area contributed by atoms with Gasteiger partial charge in [0.15, 0.2) is 0 Å². The highest BCUT2D eigenvalue weighted by Gasteiger charge is 2.38. The molecule has 1 amide bonds. The van der Waals surface area contributed by atoms with E-state index >= 15 is 0 Å². The molecule has 1 aromatic heterocycles. The van der Waals surface area contributed by atoms with Crippen LogP contribution < -0.4 is 11.3 Å². The van der Waals surface area contributed by atoms with Crippen molar-refractivity contribution in [1.29, 1.82) is 0 Å². The number of halogens is 3. The predicted octanol–water partition coefficient (Wildman–Crippen LogP) is 1.53. The van der Waals surface area contributed by atoms with Gasteiger partial charge in [0.25, 0.3) is 5.91 Å². The van der Waals surface area contributed by atoms with E-state index in [-0.39, 0.29) is 5.91 Å². The van der Waals surface area contributed by atoms with E-state index in [0.29, 0.717) is 5.56 Å². The number of nitrogen functional groups attached to an aromatic ring is 1. The second-order valence-electron chi connectivity index (χ2n) is 3.31. The van der Waals surface area contributed by atoms with Crippen LogP contribution in [0, 0.1) is 0 Å². The number of carbonyl (C=O) groups is 2. The largest absolute Gasteiger partial charge is 0.490 e. The smallest absolute Gasteiger partial charge is 0.475 e. The number of aromatic nitrogens is 1. The zero-order chi connectivity index (χ0) is 15.3. The fourth-order valence-corrected chi connectivity index (χ4v) is 1.80. The highest BCUT2D eigenvalue weighted by atomic mass is 32.1. The highest BCUT2D eigenvalue weighted by molar-refractivity contribution is 7.16. The van der Waals surface area contributed by atoms with E-state index < -0.39 is 12.1 Å².